The van der Waals surface area contributed by atoms with Gasteiger partial charge in [0, 0.05) is 50.8 Å². The second-order valence-corrected chi connectivity index (χ2v) is 7.90. The molecular weight excluding hydrogens is 412 g/mol. The van der Waals surface area contributed by atoms with E-state index in [1.165, 1.54) is 12.4 Å². The van der Waals surface area contributed by atoms with Crippen LogP contribution in [0.15, 0.2) is 37.3 Å². The highest BCUT2D eigenvalue weighted by Gasteiger charge is 2.22. The monoisotopic (exact) mass is 440 g/mol. The number of hydroxylamine groups is 1. The average Bonchev–Trinajstić information content (AvgIpc) is 3.30. The molecule has 3 N–H and O–H groups in total. The van der Waals surface area contributed by atoms with Crippen molar-refractivity contribution in [2.24, 2.45) is 5.92 Å². The molecule has 3 heterocycles. The van der Waals surface area contributed by atoms with Gasteiger partial charge in [0.1, 0.15) is 0 Å². The number of ether oxygens (including phenoxy) is 2. The van der Waals surface area contributed by atoms with E-state index in [4.69, 9.17) is 14.7 Å². The fourth-order valence-corrected chi connectivity index (χ4v) is 3.96. The summed E-state index contributed by atoms with van der Waals surface area (Å²) in [6, 6.07) is 4.03. The minimum absolute atomic E-state index is 0.223. The molecule has 1 fully saturated rings. The Balaban J connectivity index is 1.29. The Kier molecular flexibility index (Phi) is 6.72. The lowest BCUT2D eigenvalue weighted by Gasteiger charge is -2.32. The van der Waals surface area contributed by atoms with Gasteiger partial charge in [-0.25, -0.2) is 15.4 Å². The summed E-state index contributed by atoms with van der Waals surface area (Å²) in [4.78, 5) is 24.0. The highest BCUT2D eigenvalue weighted by Crippen LogP contribution is 2.38. The summed E-state index contributed by atoms with van der Waals surface area (Å²) < 4.78 is 11.0. The lowest BCUT2D eigenvalue weighted by molar-refractivity contribution is 0.0705. The number of amides is 1. The lowest BCUT2D eigenvalue weighted by Crippen LogP contribution is -2.38. The van der Waals surface area contributed by atoms with Crippen LogP contribution in [0.4, 0.5) is 11.6 Å². The summed E-state index contributed by atoms with van der Waals surface area (Å²) >= 11 is 0. The molecular formula is C22H28N6O4. The second kappa shape index (κ2) is 9.84. The van der Waals surface area contributed by atoms with Crippen LogP contribution in [0, 0.1) is 5.92 Å². The summed E-state index contributed by atoms with van der Waals surface area (Å²) in [5.41, 5.74) is 3.98. The molecule has 2 aliphatic heterocycles. The first-order valence-electron chi connectivity index (χ1n) is 10.6. The highest BCUT2D eigenvalue weighted by atomic mass is 16.7. The van der Waals surface area contributed by atoms with Crippen LogP contribution < -0.4 is 30.1 Å². The van der Waals surface area contributed by atoms with E-state index in [1.807, 2.05) is 24.1 Å². The van der Waals surface area contributed by atoms with Gasteiger partial charge in [0.15, 0.2) is 11.5 Å². The van der Waals surface area contributed by atoms with E-state index in [9.17, 15) is 4.79 Å². The topological polar surface area (TPSA) is 112 Å². The van der Waals surface area contributed by atoms with Gasteiger partial charge in [-0.3, -0.25) is 10.0 Å². The van der Waals surface area contributed by atoms with Crippen molar-refractivity contribution in [2.75, 3.05) is 43.3 Å². The van der Waals surface area contributed by atoms with Gasteiger partial charge >= 0.3 is 0 Å². The van der Waals surface area contributed by atoms with Crippen molar-refractivity contribution in [3.8, 4) is 11.5 Å². The first kappa shape index (κ1) is 21.8. The number of aromatic nitrogens is 2. The second-order valence-electron chi connectivity index (χ2n) is 7.90. The smallest absolute Gasteiger partial charge is 0.277 e. The van der Waals surface area contributed by atoms with Crippen LogP contribution in [-0.4, -0.2) is 54.6 Å². The Hall–Kier alpha value is -3.37. The Morgan fingerprint density at radius 2 is 1.97 bits per heavy atom. The van der Waals surface area contributed by atoms with Crippen LogP contribution in [0.2, 0.25) is 0 Å². The molecule has 1 amide bonds. The molecule has 0 spiro atoms. The zero-order valence-corrected chi connectivity index (χ0v) is 18.1. The molecule has 1 aromatic carbocycles. The minimum atomic E-state index is -0.619. The highest BCUT2D eigenvalue weighted by molar-refractivity contribution is 5.92. The SMILES string of the molecule is C=CN(C)c1cc2c(cc1CNCC1CCN(c3ncc(C(=O)NO)cn3)CC1)OCO2. The maximum atomic E-state index is 11.4. The molecule has 4 rings (SSSR count). The van der Waals surface area contributed by atoms with Gasteiger partial charge in [-0.05, 0) is 43.1 Å². The number of benzene rings is 1. The molecule has 0 aliphatic carbocycles. The molecule has 2 aliphatic rings. The van der Waals surface area contributed by atoms with Gasteiger partial charge in [-0.2, -0.15) is 0 Å². The Morgan fingerprint density at radius 3 is 2.62 bits per heavy atom. The maximum Gasteiger partial charge on any atom is 0.277 e. The zero-order valence-electron chi connectivity index (χ0n) is 18.1. The number of carbonyl (C=O) groups is 1. The minimum Gasteiger partial charge on any atom is -0.454 e. The van der Waals surface area contributed by atoms with Crippen molar-refractivity contribution < 1.29 is 19.5 Å². The van der Waals surface area contributed by atoms with E-state index in [-0.39, 0.29) is 12.4 Å². The van der Waals surface area contributed by atoms with Gasteiger partial charge in [0.25, 0.3) is 5.91 Å². The normalized spacial score (nSPS) is 15.5. The van der Waals surface area contributed by atoms with Crippen LogP contribution in [0.5, 0.6) is 11.5 Å². The quantitative estimate of drug-likeness (QED) is 0.419. The van der Waals surface area contributed by atoms with Crippen LogP contribution in [0.25, 0.3) is 0 Å². The van der Waals surface area contributed by atoms with Crippen molar-refractivity contribution in [1.82, 2.24) is 20.8 Å². The fourth-order valence-electron chi connectivity index (χ4n) is 3.96. The average molecular weight is 441 g/mol. The first-order chi connectivity index (χ1) is 15.6. The van der Waals surface area contributed by atoms with Gasteiger partial charge in [-0.15, -0.1) is 0 Å². The molecule has 0 radical (unpaired) electrons. The van der Waals surface area contributed by atoms with Crippen LogP contribution in [-0.2, 0) is 6.54 Å². The molecule has 10 heteroatoms. The number of hydrogen-bond donors (Lipinski definition) is 3. The maximum absolute atomic E-state index is 11.4. The van der Waals surface area contributed by atoms with Gasteiger partial charge in [-0.1, -0.05) is 6.58 Å². The molecule has 1 saturated heterocycles. The van der Waals surface area contributed by atoms with Crippen LogP contribution in [0.1, 0.15) is 28.8 Å². The largest absolute Gasteiger partial charge is 0.454 e. The Bertz CT molecular complexity index is 960. The summed E-state index contributed by atoms with van der Waals surface area (Å²) in [6.45, 7) is 7.46. The molecule has 2 aromatic rings. The van der Waals surface area contributed by atoms with Crippen molar-refractivity contribution in [1.29, 1.82) is 0 Å². The van der Waals surface area contributed by atoms with E-state index in [0.717, 1.165) is 61.8 Å². The fraction of sp³-hybridized carbons (Fsp3) is 0.409. The number of hydrogen-bond acceptors (Lipinski definition) is 9. The van der Waals surface area contributed by atoms with E-state index < -0.39 is 5.91 Å². The predicted octanol–water partition coefficient (Wildman–Crippen LogP) is 1.91. The van der Waals surface area contributed by atoms with E-state index in [2.05, 4.69) is 26.8 Å². The number of anilines is 2. The van der Waals surface area contributed by atoms with E-state index in [1.54, 1.807) is 11.7 Å². The van der Waals surface area contributed by atoms with Gasteiger partial charge < -0.3 is 24.6 Å². The predicted molar refractivity (Wildman–Crippen MR) is 119 cm³/mol. The summed E-state index contributed by atoms with van der Waals surface area (Å²) in [7, 11) is 1.97. The molecule has 10 nitrogen and oxygen atoms in total. The van der Waals surface area contributed by atoms with Crippen LogP contribution in [0.3, 0.4) is 0 Å². The molecule has 32 heavy (non-hydrogen) atoms. The molecule has 0 bridgehead atoms. The van der Waals surface area contributed by atoms with Crippen molar-refractivity contribution in [2.45, 2.75) is 19.4 Å². The number of carbonyl (C=O) groups excluding carboxylic acids is 1. The van der Waals surface area contributed by atoms with Gasteiger partial charge in [0.2, 0.25) is 12.7 Å². The summed E-state index contributed by atoms with van der Waals surface area (Å²) in [5, 5.41) is 12.3. The first-order valence-corrected chi connectivity index (χ1v) is 10.6. The number of nitrogens with one attached hydrogen (secondary N) is 2. The van der Waals surface area contributed by atoms with E-state index >= 15 is 0 Å². The van der Waals surface area contributed by atoms with Gasteiger partial charge in [0.05, 0.1) is 5.56 Å². The zero-order chi connectivity index (χ0) is 22.5. The third kappa shape index (κ3) is 4.76. The molecule has 170 valence electrons. The number of rotatable bonds is 8. The number of nitrogens with zero attached hydrogens (tertiary/aromatic N) is 4. The standard InChI is InChI=1S/C22H28N6O4/c1-3-27(2)18-9-20-19(31-14-32-20)8-16(18)11-23-10-15-4-6-28(7-5-15)22-24-12-17(13-25-22)21(29)26-30/h3,8-9,12-13,15,23,30H,1,4-7,10-11,14H2,2H3,(H,26,29). The van der Waals surface area contributed by atoms with E-state index in [0.29, 0.717) is 11.9 Å². The van der Waals surface area contributed by atoms with Crippen LogP contribution >= 0.6 is 0 Å². The third-order valence-corrected chi connectivity index (χ3v) is 5.88. The molecule has 0 unspecified atom stereocenters. The van der Waals surface area contributed by atoms with Crippen molar-refractivity contribution in [3.05, 3.63) is 48.4 Å². The summed E-state index contributed by atoms with van der Waals surface area (Å²) in [6.07, 6.45) is 6.67. The number of piperidine rings is 1. The Labute approximate surface area is 186 Å². The molecule has 0 atom stereocenters. The Morgan fingerprint density at radius 1 is 1.28 bits per heavy atom. The number of fused-ring (bicyclic) bond motifs is 1. The van der Waals surface area contributed by atoms with Crippen molar-refractivity contribution >= 4 is 17.5 Å². The molecule has 1 aromatic heterocycles. The van der Waals surface area contributed by atoms with Crippen molar-refractivity contribution in [3.63, 3.8) is 0 Å². The summed E-state index contributed by atoms with van der Waals surface area (Å²) in [5.74, 6) is 2.07. The lowest BCUT2D eigenvalue weighted by atomic mass is 9.97. The molecule has 0 saturated carbocycles. The third-order valence-electron chi connectivity index (χ3n) is 5.88.